The quantitative estimate of drug-likeness (QED) is 0.356. The molecule has 0 radical (unpaired) electrons. The summed E-state index contributed by atoms with van der Waals surface area (Å²) in [5, 5.41) is 14.6. The third-order valence-electron chi connectivity index (χ3n) is 4.88. The Balaban J connectivity index is 2.14. The van der Waals surface area contributed by atoms with E-state index in [0.717, 1.165) is 19.3 Å². The van der Waals surface area contributed by atoms with Gasteiger partial charge in [-0.2, -0.15) is 0 Å². The van der Waals surface area contributed by atoms with Gasteiger partial charge in [0.25, 0.3) is 0 Å². The number of allylic oxidation sites excluding steroid dienone is 4. The molecule has 22 heavy (non-hydrogen) atoms. The van der Waals surface area contributed by atoms with Crippen LogP contribution in [0.25, 0.3) is 0 Å². The van der Waals surface area contributed by atoms with Crippen LogP contribution < -0.4 is 5.19 Å². The van der Waals surface area contributed by atoms with Gasteiger partial charge in [-0.1, -0.05) is 79.0 Å². The second kappa shape index (κ2) is 7.59. The van der Waals surface area contributed by atoms with E-state index in [1.165, 1.54) is 10.4 Å². The van der Waals surface area contributed by atoms with Gasteiger partial charge in [-0.15, -0.1) is 5.16 Å². The minimum atomic E-state index is -1.60. The summed E-state index contributed by atoms with van der Waals surface area (Å²) in [6.07, 6.45) is 11.8. The Hall–Kier alpha value is -1.61. The summed E-state index contributed by atoms with van der Waals surface area (Å²) in [4.78, 5) is 0. The van der Waals surface area contributed by atoms with E-state index in [1.807, 2.05) is 0 Å². The fraction of sp³-hybridized carbons (Fsp3) is 0.421. The van der Waals surface area contributed by atoms with Crippen molar-refractivity contribution in [1.82, 2.24) is 0 Å². The van der Waals surface area contributed by atoms with Crippen LogP contribution in [0, 0.1) is 11.8 Å². The average molecular weight is 314 g/mol. The minimum absolute atomic E-state index is 0.600. The molecule has 3 heteroatoms. The fourth-order valence-corrected chi connectivity index (χ4v) is 5.67. The molecule has 2 rings (SSSR count). The van der Waals surface area contributed by atoms with Crippen LogP contribution in [0.5, 0.6) is 0 Å². The highest BCUT2D eigenvalue weighted by Gasteiger charge is 2.29. The molecule has 0 aromatic heterocycles. The van der Waals surface area contributed by atoms with Gasteiger partial charge in [0, 0.05) is 6.21 Å². The topological polar surface area (TPSA) is 32.6 Å². The maximum Gasteiger partial charge on any atom is 0.111 e. The Labute approximate surface area is 135 Å². The third-order valence-corrected chi connectivity index (χ3v) is 8.43. The standard InChI is InChI=1S/C19H27NOSi/c1-16(9-8-14-20-21)17-10-7-13-19(15-17)22(2,3)18-11-5-4-6-12-18/h4-7,11-17,21H,8-10H2,1-3H3/b20-14+. The van der Waals surface area contributed by atoms with Gasteiger partial charge in [-0.3, -0.25) is 0 Å². The molecule has 1 N–H and O–H groups in total. The molecule has 0 amide bonds. The molecule has 0 heterocycles. The fourth-order valence-electron chi connectivity index (χ4n) is 3.15. The van der Waals surface area contributed by atoms with Crippen molar-refractivity contribution in [2.45, 2.75) is 39.3 Å². The van der Waals surface area contributed by atoms with Crippen LogP contribution in [0.15, 0.2) is 58.9 Å². The molecule has 0 saturated heterocycles. The van der Waals surface area contributed by atoms with E-state index in [9.17, 15) is 0 Å². The molecule has 1 aliphatic carbocycles. The lowest BCUT2D eigenvalue weighted by atomic mass is 9.85. The highest BCUT2D eigenvalue weighted by atomic mass is 28.3. The Kier molecular flexibility index (Phi) is 5.78. The average Bonchev–Trinajstić information content (AvgIpc) is 2.56. The predicted octanol–water partition coefficient (Wildman–Crippen LogP) is 4.52. The van der Waals surface area contributed by atoms with Crippen LogP contribution in [-0.2, 0) is 0 Å². The minimum Gasteiger partial charge on any atom is -0.411 e. The van der Waals surface area contributed by atoms with Gasteiger partial charge in [0.2, 0.25) is 0 Å². The summed E-state index contributed by atoms with van der Waals surface area (Å²) in [5.74, 6) is 1.21. The lowest BCUT2D eigenvalue weighted by molar-refractivity contribution is 0.319. The molecule has 1 aliphatic rings. The summed E-state index contributed by atoms with van der Waals surface area (Å²) < 4.78 is 0. The van der Waals surface area contributed by atoms with Crippen LogP contribution in [0.4, 0.5) is 0 Å². The molecular formula is C19H27NOSi. The maximum atomic E-state index is 8.52. The summed E-state index contributed by atoms with van der Waals surface area (Å²) in [6, 6.07) is 10.9. The van der Waals surface area contributed by atoms with E-state index in [1.54, 1.807) is 6.21 Å². The van der Waals surface area contributed by atoms with Gasteiger partial charge >= 0.3 is 0 Å². The zero-order chi connectivity index (χ0) is 16.0. The van der Waals surface area contributed by atoms with Crippen LogP contribution in [0.3, 0.4) is 0 Å². The Bertz CT molecular complexity index is 560. The summed E-state index contributed by atoms with van der Waals surface area (Å²) in [7, 11) is -1.60. The molecule has 2 unspecified atom stereocenters. The molecule has 2 atom stereocenters. The highest BCUT2D eigenvalue weighted by Crippen LogP contribution is 2.30. The Morgan fingerprint density at radius 3 is 2.73 bits per heavy atom. The number of rotatable bonds is 6. The Morgan fingerprint density at radius 1 is 1.32 bits per heavy atom. The SMILES string of the molecule is CC(CC/C=N/O)C1C=C([Si](C)(C)c2ccccc2)C=CC1. The van der Waals surface area contributed by atoms with Crippen LogP contribution >= 0.6 is 0 Å². The third kappa shape index (κ3) is 3.98. The van der Waals surface area contributed by atoms with Gasteiger partial charge in [0.05, 0.1) is 0 Å². The Morgan fingerprint density at radius 2 is 2.05 bits per heavy atom. The smallest absolute Gasteiger partial charge is 0.111 e. The van der Waals surface area contributed by atoms with E-state index in [-0.39, 0.29) is 0 Å². The van der Waals surface area contributed by atoms with E-state index in [2.05, 4.69) is 73.7 Å². The molecule has 2 nitrogen and oxygen atoms in total. The first-order valence-electron chi connectivity index (χ1n) is 8.16. The second-order valence-corrected chi connectivity index (χ2v) is 11.2. The first-order chi connectivity index (χ1) is 10.6. The zero-order valence-corrected chi connectivity index (χ0v) is 14.9. The van der Waals surface area contributed by atoms with Crippen molar-refractivity contribution >= 4 is 19.5 Å². The second-order valence-electron chi connectivity index (χ2n) is 6.77. The van der Waals surface area contributed by atoms with Crippen molar-refractivity contribution in [2.75, 3.05) is 0 Å². The van der Waals surface area contributed by atoms with E-state index in [0.29, 0.717) is 11.8 Å². The van der Waals surface area contributed by atoms with E-state index >= 15 is 0 Å². The van der Waals surface area contributed by atoms with Crippen molar-refractivity contribution in [3.63, 3.8) is 0 Å². The molecule has 0 fully saturated rings. The number of nitrogens with zero attached hydrogens (tertiary/aromatic N) is 1. The monoisotopic (exact) mass is 313 g/mol. The molecule has 1 aromatic carbocycles. The molecule has 0 saturated carbocycles. The van der Waals surface area contributed by atoms with Crippen molar-refractivity contribution in [2.24, 2.45) is 17.0 Å². The molecule has 1 aromatic rings. The largest absolute Gasteiger partial charge is 0.411 e. The normalized spacial score (nSPS) is 20.1. The molecule has 0 bridgehead atoms. The van der Waals surface area contributed by atoms with Crippen molar-refractivity contribution in [3.05, 3.63) is 53.8 Å². The highest BCUT2D eigenvalue weighted by molar-refractivity contribution is 6.96. The van der Waals surface area contributed by atoms with Gasteiger partial charge in [0.15, 0.2) is 0 Å². The van der Waals surface area contributed by atoms with Crippen molar-refractivity contribution in [1.29, 1.82) is 0 Å². The zero-order valence-electron chi connectivity index (χ0n) is 13.9. The first-order valence-corrected chi connectivity index (χ1v) is 11.2. The van der Waals surface area contributed by atoms with E-state index in [4.69, 9.17) is 5.21 Å². The number of oxime groups is 1. The number of benzene rings is 1. The molecule has 118 valence electrons. The molecule has 0 spiro atoms. The summed E-state index contributed by atoms with van der Waals surface area (Å²) >= 11 is 0. The van der Waals surface area contributed by atoms with Gasteiger partial charge < -0.3 is 5.21 Å². The lowest BCUT2D eigenvalue weighted by Gasteiger charge is -2.30. The molecule has 0 aliphatic heterocycles. The molecular weight excluding hydrogens is 286 g/mol. The van der Waals surface area contributed by atoms with Gasteiger partial charge in [-0.05, 0) is 31.1 Å². The maximum absolute atomic E-state index is 8.52. The predicted molar refractivity (Wildman–Crippen MR) is 97.6 cm³/mol. The van der Waals surface area contributed by atoms with Crippen molar-refractivity contribution in [3.8, 4) is 0 Å². The van der Waals surface area contributed by atoms with Crippen molar-refractivity contribution < 1.29 is 5.21 Å². The van der Waals surface area contributed by atoms with Crippen LogP contribution in [0.1, 0.15) is 26.2 Å². The van der Waals surface area contributed by atoms with Gasteiger partial charge in [-0.25, -0.2) is 0 Å². The lowest BCUT2D eigenvalue weighted by Crippen LogP contribution is -2.44. The number of hydrogen-bond acceptors (Lipinski definition) is 2. The first kappa shape index (κ1) is 16.8. The summed E-state index contributed by atoms with van der Waals surface area (Å²) in [5.41, 5.74) is 0. The van der Waals surface area contributed by atoms with Crippen LogP contribution in [-0.4, -0.2) is 19.5 Å². The summed E-state index contributed by atoms with van der Waals surface area (Å²) in [6.45, 7) is 7.17. The van der Waals surface area contributed by atoms with Gasteiger partial charge in [0.1, 0.15) is 8.07 Å². The van der Waals surface area contributed by atoms with E-state index < -0.39 is 8.07 Å². The van der Waals surface area contributed by atoms with Crippen LogP contribution in [0.2, 0.25) is 13.1 Å². The number of hydrogen-bond donors (Lipinski definition) is 1.